The molecule has 1 heterocycles. The first-order valence-corrected chi connectivity index (χ1v) is 6.74. The molecule has 0 radical (unpaired) electrons. The van der Waals surface area contributed by atoms with Crippen LogP contribution in [-0.2, 0) is 4.74 Å². The summed E-state index contributed by atoms with van der Waals surface area (Å²) in [5.41, 5.74) is 1.50. The Morgan fingerprint density at radius 1 is 1.56 bits per heavy atom. The fourth-order valence-corrected chi connectivity index (χ4v) is 2.61. The number of benzene rings is 1. The van der Waals surface area contributed by atoms with Gasteiger partial charge >= 0.3 is 0 Å². The van der Waals surface area contributed by atoms with Crippen molar-refractivity contribution in [3.05, 3.63) is 28.8 Å². The highest BCUT2D eigenvalue weighted by Crippen LogP contribution is 2.30. The maximum absolute atomic E-state index is 11.1. The van der Waals surface area contributed by atoms with Crippen molar-refractivity contribution < 1.29 is 9.53 Å². The van der Waals surface area contributed by atoms with Gasteiger partial charge in [0.25, 0.3) is 0 Å². The van der Waals surface area contributed by atoms with Gasteiger partial charge in [0, 0.05) is 25.3 Å². The van der Waals surface area contributed by atoms with Crippen molar-refractivity contribution in [1.29, 1.82) is 0 Å². The first kappa shape index (κ1) is 13.4. The Bertz CT molecular complexity index is 422. The van der Waals surface area contributed by atoms with Gasteiger partial charge in [0.05, 0.1) is 16.8 Å². The zero-order chi connectivity index (χ0) is 13.0. The molecule has 1 fully saturated rings. The van der Waals surface area contributed by atoms with Gasteiger partial charge in [-0.3, -0.25) is 4.79 Å². The van der Waals surface area contributed by atoms with Gasteiger partial charge in [-0.1, -0.05) is 24.6 Å². The predicted octanol–water partition coefficient (Wildman–Crippen LogP) is 3.16. The summed E-state index contributed by atoms with van der Waals surface area (Å²) in [6, 6.07) is 5.44. The van der Waals surface area contributed by atoms with Crippen molar-refractivity contribution in [2.45, 2.75) is 25.9 Å². The van der Waals surface area contributed by atoms with Crippen LogP contribution < -0.4 is 4.90 Å². The molecule has 1 unspecified atom stereocenters. The first-order valence-electron chi connectivity index (χ1n) is 6.36. The fraction of sp³-hybridized carbons (Fsp3) is 0.500. The van der Waals surface area contributed by atoms with E-state index in [1.165, 1.54) is 0 Å². The third-order valence-electron chi connectivity index (χ3n) is 3.27. The summed E-state index contributed by atoms with van der Waals surface area (Å²) in [5, 5.41) is 0.636. The molecule has 98 valence electrons. The summed E-state index contributed by atoms with van der Waals surface area (Å²) >= 11 is 6.24. The van der Waals surface area contributed by atoms with E-state index in [2.05, 4.69) is 11.8 Å². The molecule has 4 heteroatoms. The molecule has 0 spiro atoms. The van der Waals surface area contributed by atoms with E-state index in [0.29, 0.717) is 10.6 Å². The van der Waals surface area contributed by atoms with E-state index in [1.54, 1.807) is 12.1 Å². The number of hydrogen-bond donors (Lipinski definition) is 0. The second-order valence-corrected chi connectivity index (χ2v) is 4.90. The second kappa shape index (κ2) is 6.21. The van der Waals surface area contributed by atoms with Gasteiger partial charge in [-0.25, -0.2) is 0 Å². The molecular formula is C14H18ClNO2. The van der Waals surface area contributed by atoms with Crippen molar-refractivity contribution in [2.75, 3.05) is 24.6 Å². The van der Waals surface area contributed by atoms with Crippen molar-refractivity contribution in [1.82, 2.24) is 0 Å². The highest BCUT2D eigenvalue weighted by atomic mass is 35.5. The fourth-order valence-electron chi connectivity index (χ4n) is 2.31. The minimum Gasteiger partial charge on any atom is -0.376 e. The van der Waals surface area contributed by atoms with Crippen LogP contribution in [0.3, 0.4) is 0 Å². The molecule has 2 rings (SSSR count). The standard InChI is InChI=1S/C14H18ClNO2/c1-2-12-9-16(7-4-8-18-12)14-11(10-17)5-3-6-13(14)15/h3,5-6,10,12H,2,4,7-9H2,1H3. The number of rotatable bonds is 3. The van der Waals surface area contributed by atoms with E-state index >= 15 is 0 Å². The van der Waals surface area contributed by atoms with Crippen LogP contribution in [0.4, 0.5) is 5.69 Å². The molecule has 18 heavy (non-hydrogen) atoms. The number of aldehydes is 1. The van der Waals surface area contributed by atoms with Gasteiger partial charge in [0.2, 0.25) is 0 Å². The van der Waals surface area contributed by atoms with Gasteiger partial charge in [-0.2, -0.15) is 0 Å². The highest BCUT2D eigenvalue weighted by molar-refractivity contribution is 6.33. The number of para-hydroxylation sites is 1. The summed E-state index contributed by atoms with van der Waals surface area (Å²) in [4.78, 5) is 13.3. The number of carbonyl (C=O) groups is 1. The average Bonchev–Trinajstić information content (AvgIpc) is 2.63. The monoisotopic (exact) mass is 267 g/mol. The summed E-state index contributed by atoms with van der Waals surface area (Å²) < 4.78 is 5.74. The van der Waals surface area contributed by atoms with Gasteiger partial charge in [0.15, 0.2) is 6.29 Å². The Morgan fingerprint density at radius 2 is 2.39 bits per heavy atom. The van der Waals surface area contributed by atoms with E-state index in [4.69, 9.17) is 16.3 Å². The lowest BCUT2D eigenvalue weighted by atomic mass is 10.1. The summed E-state index contributed by atoms with van der Waals surface area (Å²) in [7, 11) is 0. The first-order chi connectivity index (χ1) is 8.76. The number of nitrogens with zero attached hydrogens (tertiary/aromatic N) is 1. The van der Waals surface area contributed by atoms with Gasteiger partial charge in [0.1, 0.15) is 0 Å². The molecule has 1 saturated heterocycles. The lowest BCUT2D eigenvalue weighted by Gasteiger charge is -2.27. The minimum atomic E-state index is 0.211. The molecule has 0 saturated carbocycles. The van der Waals surface area contributed by atoms with Crippen molar-refractivity contribution >= 4 is 23.6 Å². The van der Waals surface area contributed by atoms with E-state index in [0.717, 1.165) is 44.5 Å². The van der Waals surface area contributed by atoms with Crippen molar-refractivity contribution in [3.8, 4) is 0 Å². The van der Waals surface area contributed by atoms with Crippen molar-refractivity contribution in [3.63, 3.8) is 0 Å². The summed E-state index contributed by atoms with van der Waals surface area (Å²) in [6.45, 7) is 4.55. The van der Waals surface area contributed by atoms with Crippen LogP contribution in [-0.4, -0.2) is 32.1 Å². The Labute approximate surface area is 113 Å². The highest BCUT2D eigenvalue weighted by Gasteiger charge is 2.21. The molecule has 0 aromatic heterocycles. The van der Waals surface area contributed by atoms with E-state index in [9.17, 15) is 4.79 Å². The molecule has 1 aromatic carbocycles. The van der Waals surface area contributed by atoms with Crippen LogP contribution in [0.5, 0.6) is 0 Å². The Morgan fingerprint density at radius 3 is 3.11 bits per heavy atom. The summed E-state index contributed by atoms with van der Waals surface area (Å²) in [6.07, 6.45) is 3.01. The Balaban J connectivity index is 2.31. The quantitative estimate of drug-likeness (QED) is 0.788. The number of carbonyl (C=O) groups excluding carboxylic acids is 1. The van der Waals surface area contributed by atoms with Crippen LogP contribution in [0.2, 0.25) is 5.02 Å². The predicted molar refractivity (Wildman–Crippen MR) is 73.7 cm³/mol. The van der Waals surface area contributed by atoms with Crippen LogP contribution >= 0.6 is 11.6 Å². The minimum absolute atomic E-state index is 0.211. The maximum Gasteiger partial charge on any atom is 0.152 e. The molecular weight excluding hydrogens is 250 g/mol. The van der Waals surface area contributed by atoms with E-state index in [-0.39, 0.29) is 6.10 Å². The topological polar surface area (TPSA) is 29.5 Å². The largest absolute Gasteiger partial charge is 0.376 e. The number of hydrogen-bond acceptors (Lipinski definition) is 3. The van der Waals surface area contributed by atoms with E-state index < -0.39 is 0 Å². The number of ether oxygens (including phenoxy) is 1. The molecule has 1 aliphatic heterocycles. The molecule has 0 bridgehead atoms. The van der Waals surface area contributed by atoms with Gasteiger partial charge in [-0.15, -0.1) is 0 Å². The lowest BCUT2D eigenvalue weighted by Crippen LogP contribution is -2.32. The van der Waals surface area contributed by atoms with Crippen LogP contribution in [0, 0.1) is 0 Å². The second-order valence-electron chi connectivity index (χ2n) is 4.50. The van der Waals surface area contributed by atoms with Gasteiger partial charge in [-0.05, 0) is 25.0 Å². The molecule has 0 N–H and O–H groups in total. The molecule has 3 nitrogen and oxygen atoms in total. The van der Waals surface area contributed by atoms with Crippen LogP contribution in [0.15, 0.2) is 18.2 Å². The third-order valence-corrected chi connectivity index (χ3v) is 3.57. The zero-order valence-electron chi connectivity index (χ0n) is 10.6. The Hall–Kier alpha value is -1.06. The third kappa shape index (κ3) is 2.85. The molecule has 1 aromatic rings. The zero-order valence-corrected chi connectivity index (χ0v) is 11.3. The average molecular weight is 268 g/mol. The Kier molecular flexibility index (Phi) is 4.61. The molecule has 1 atom stereocenters. The van der Waals surface area contributed by atoms with Gasteiger partial charge < -0.3 is 9.64 Å². The maximum atomic E-state index is 11.1. The smallest absolute Gasteiger partial charge is 0.152 e. The van der Waals surface area contributed by atoms with E-state index in [1.807, 2.05) is 6.07 Å². The van der Waals surface area contributed by atoms with Crippen LogP contribution in [0.25, 0.3) is 0 Å². The molecule has 1 aliphatic rings. The van der Waals surface area contributed by atoms with Crippen LogP contribution in [0.1, 0.15) is 30.1 Å². The molecule has 0 aliphatic carbocycles. The lowest BCUT2D eigenvalue weighted by molar-refractivity contribution is 0.0664. The SMILES string of the molecule is CCC1CN(c2c(Cl)cccc2C=O)CCCO1. The number of halogens is 1. The summed E-state index contributed by atoms with van der Waals surface area (Å²) in [5.74, 6) is 0. The number of anilines is 1. The molecule has 0 amide bonds. The van der Waals surface area contributed by atoms with Crippen molar-refractivity contribution in [2.24, 2.45) is 0 Å². The normalized spacial score (nSPS) is 20.6.